The molecule has 0 radical (unpaired) electrons. The number of urea groups is 1. The van der Waals surface area contributed by atoms with Crippen LogP contribution in [0.4, 0.5) is 16.3 Å². The maximum absolute atomic E-state index is 13.4. The molecule has 0 bridgehead atoms. The average molecular weight is 556 g/mol. The Morgan fingerprint density at radius 3 is 2.49 bits per heavy atom. The molecule has 0 unspecified atom stereocenters. The van der Waals surface area contributed by atoms with E-state index in [1.165, 1.54) is 11.1 Å². The number of nitrogens with one attached hydrogen (secondary N) is 2. The van der Waals surface area contributed by atoms with Crippen molar-refractivity contribution in [3.8, 4) is 11.4 Å². The van der Waals surface area contributed by atoms with Gasteiger partial charge in [0.15, 0.2) is 0 Å². The second kappa shape index (κ2) is 12.3. The van der Waals surface area contributed by atoms with E-state index >= 15 is 0 Å². The van der Waals surface area contributed by atoms with Crippen LogP contribution < -0.4 is 15.4 Å². The topological polar surface area (TPSA) is 80.7 Å². The Labute approximate surface area is 242 Å². The van der Waals surface area contributed by atoms with E-state index < -0.39 is 0 Å². The maximum Gasteiger partial charge on any atom is 0.324 e. The van der Waals surface area contributed by atoms with Gasteiger partial charge < -0.3 is 14.8 Å². The highest BCUT2D eigenvalue weighted by Gasteiger charge is 2.23. The van der Waals surface area contributed by atoms with Crippen LogP contribution in [-0.4, -0.2) is 60.2 Å². The van der Waals surface area contributed by atoms with Gasteiger partial charge in [-0.1, -0.05) is 69.7 Å². The summed E-state index contributed by atoms with van der Waals surface area (Å²) in [5.74, 6) is 1.43. The molecule has 2 N–H and O–H groups in total. The van der Waals surface area contributed by atoms with Crippen molar-refractivity contribution in [3.05, 3.63) is 77.5 Å². The van der Waals surface area contributed by atoms with E-state index in [0.717, 1.165) is 67.2 Å². The van der Waals surface area contributed by atoms with E-state index in [2.05, 4.69) is 68.4 Å². The van der Waals surface area contributed by atoms with Crippen LogP contribution in [0.15, 0.2) is 60.7 Å². The number of morpholine rings is 1. The summed E-state index contributed by atoms with van der Waals surface area (Å²) in [6, 6.07) is 19.8. The number of benzene rings is 3. The van der Waals surface area contributed by atoms with Gasteiger partial charge in [-0.15, -0.1) is 0 Å². The molecule has 0 aliphatic carbocycles. The number of amides is 2. The van der Waals surface area contributed by atoms with Gasteiger partial charge in [-0.3, -0.25) is 10.2 Å². The molecule has 0 spiro atoms. The molecule has 3 aromatic carbocycles. The molecular formula is C33H41N5O3. The largest absolute Gasteiger partial charge is 0.492 e. The van der Waals surface area contributed by atoms with Gasteiger partial charge in [0.05, 0.1) is 30.3 Å². The van der Waals surface area contributed by atoms with E-state index in [0.29, 0.717) is 18.1 Å². The van der Waals surface area contributed by atoms with Crippen LogP contribution in [-0.2, 0) is 16.6 Å². The Balaban J connectivity index is 1.36. The summed E-state index contributed by atoms with van der Waals surface area (Å²) in [6.07, 6.45) is 0.861. The zero-order valence-corrected chi connectivity index (χ0v) is 24.8. The number of hydrogen-bond acceptors (Lipinski definition) is 5. The zero-order valence-electron chi connectivity index (χ0n) is 24.8. The SMILES string of the molecule is CCc1cc(C)ccc1-n1nc(C(C)(C)C)cc1NC(=O)Nc1ccc(OCCN2CCOCC2)c2ccccc12. The Kier molecular flexibility index (Phi) is 8.61. The summed E-state index contributed by atoms with van der Waals surface area (Å²) in [4.78, 5) is 15.7. The highest BCUT2D eigenvalue weighted by Crippen LogP contribution is 2.32. The highest BCUT2D eigenvalue weighted by atomic mass is 16.5. The van der Waals surface area contributed by atoms with Gasteiger partial charge in [0.25, 0.3) is 0 Å². The Morgan fingerprint density at radius 1 is 1.00 bits per heavy atom. The van der Waals surface area contributed by atoms with Crippen LogP contribution in [0.25, 0.3) is 16.5 Å². The van der Waals surface area contributed by atoms with E-state index in [1.54, 1.807) is 0 Å². The van der Waals surface area contributed by atoms with Crippen LogP contribution in [0, 0.1) is 6.92 Å². The van der Waals surface area contributed by atoms with Crippen molar-refractivity contribution < 1.29 is 14.3 Å². The third kappa shape index (κ3) is 6.72. The number of aryl methyl sites for hydroxylation is 2. The predicted octanol–water partition coefficient (Wildman–Crippen LogP) is 6.55. The van der Waals surface area contributed by atoms with Gasteiger partial charge >= 0.3 is 6.03 Å². The number of carbonyl (C=O) groups is 1. The van der Waals surface area contributed by atoms with Crippen molar-refractivity contribution in [2.45, 2.75) is 46.5 Å². The Bertz CT molecular complexity index is 1520. The second-order valence-electron chi connectivity index (χ2n) is 11.6. The van der Waals surface area contributed by atoms with E-state index in [4.69, 9.17) is 14.6 Å². The second-order valence-corrected chi connectivity index (χ2v) is 11.6. The molecule has 0 atom stereocenters. The molecule has 0 saturated carbocycles. The lowest BCUT2D eigenvalue weighted by molar-refractivity contribution is 0.0323. The molecule has 2 heterocycles. The number of hydrogen-bond donors (Lipinski definition) is 2. The quantitative estimate of drug-likeness (QED) is 0.258. The molecule has 1 aromatic heterocycles. The first-order valence-electron chi connectivity index (χ1n) is 14.5. The number of anilines is 2. The van der Waals surface area contributed by atoms with Gasteiger partial charge in [-0.25, -0.2) is 9.48 Å². The maximum atomic E-state index is 13.4. The van der Waals surface area contributed by atoms with Crippen LogP contribution in [0.3, 0.4) is 0 Å². The standard InChI is InChI=1S/C33H41N5O3/c1-6-24-21-23(2)11-13-28(24)38-31(22-30(36-38)33(3,4)5)35-32(39)34-27-12-14-29(26-10-8-7-9-25(26)27)41-20-17-37-15-18-40-19-16-37/h7-14,21-22H,6,15-20H2,1-5H3,(H2,34,35,39). The summed E-state index contributed by atoms with van der Waals surface area (Å²) in [6.45, 7) is 15.4. The molecule has 216 valence electrons. The fourth-order valence-electron chi connectivity index (χ4n) is 5.11. The molecule has 1 aliphatic rings. The number of rotatable bonds is 8. The number of nitrogens with zero attached hydrogens (tertiary/aromatic N) is 3. The number of aromatic nitrogens is 2. The van der Waals surface area contributed by atoms with Crippen molar-refractivity contribution in [3.63, 3.8) is 0 Å². The first-order valence-corrected chi connectivity index (χ1v) is 14.5. The fraction of sp³-hybridized carbons (Fsp3) is 0.394. The van der Waals surface area contributed by atoms with Crippen molar-refractivity contribution >= 4 is 28.3 Å². The predicted molar refractivity (Wildman–Crippen MR) is 166 cm³/mol. The number of fused-ring (bicyclic) bond motifs is 1. The summed E-state index contributed by atoms with van der Waals surface area (Å²) < 4.78 is 13.5. The Morgan fingerprint density at radius 2 is 1.76 bits per heavy atom. The van der Waals surface area contributed by atoms with Crippen molar-refractivity contribution in [2.24, 2.45) is 0 Å². The minimum atomic E-state index is -0.331. The molecule has 4 aromatic rings. The molecule has 41 heavy (non-hydrogen) atoms. The third-order valence-corrected chi connectivity index (χ3v) is 7.46. The molecule has 1 aliphatic heterocycles. The average Bonchev–Trinajstić information content (AvgIpc) is 3.38. The lowest BCUT2D eigenvalue weighted by Crippen LogP contribution is -2.38. The van der Waals surface area contributed by atoms with Gasteiger partial charge in [-0.2, -0.15) is 5.10 Å². The smallest absolute Gasteiger partial charge is 0.324 e. The molecule has 1 fully saturated rings. The number of carbonyl (C=O) groups excluding carboxylic acids is 1. The summed E-state index contributed by atoms with van der Waals surface area (Å²) in [7, 11) is 0. The normalized spacial score (nSPS) is 14.3. The third-order valence-electron chi connectivity index (χ3n) is 7.46. The first-order chi connectivity index (χ1) is 19.7. The summed E-state index contributed by atoms with van der Waals surface area (Å²) in [5, 5.41) is 12.9. The highest BCUT2D eigenvalue weighted by molar-refractivity contribution is 6.07. The summed E-state index contributed by atoms with van der Waals surface area (Å²) in [5.41, 5.74) is 4.77. The molecule has 8 nitrogen and oxygen atoms in total. The van der Waals surface area contributed by atoms with Crippen molar-refractivity contribution in [1.29, 1.82) is 0 Å². The van der Waals surface area contributed by atoms with E-state index in [-0.39, 0.29) is 11.4 Å². The van der Waals surface area contributed by atoms with Crippen LogP contribution in [0.2, 0.25) is 0 Å². The van der Waals surface area contributed by atoms with E-state index in [9.17, 15) is 4.79 Å². The van der Waals surface area contributed by atoms with E-state index in [1.807, 2.05) is 47.1 Å². The zero-order chi connectivity index (χ0) is 29.0. The van der Waals surface area contributed by atoms with Gasteiger partial charge in [0.2, 0.25) is 0 Å². The monoisotopic (exact) mass is 555 g/mol. The first kappa shape index (κ1) is 28.6. The molecule has 5 rings (SSSR count). The molecule has 2 amide bonds. The molecular weight excluding hydrogens is 514 g/mol. The minimum absolute atomic E-state index is 0.178. The lowest BCUT2D eigenvalue weighted by atomic mass is 9.92. The van der Waals surface area contributed by atoms with Crippen LogP contribution >= 0.6 is 0 Å². The van der Waals surface area contributed by atoms with Crippen molar-refractivity contribution in [1.82, 2.24) is 14.7 Å². The summed E-state index contributed by atoms with van der Waals surface area (Å²) >= 11 is 0. The Hall–Kier alpha value is -3.88. The molecule has 1 saturated heterocycles. The van der Waals surface area contributed by atoms with Crippen molar-refractivity contribution in [2.75, 3.05) is 50.1 Å². The number of ether oxygens (including phenoxy) is 2. The van der Waals surface area contributed by atoms with Gasteiger partial charge in [0, 0.05) is 41.9 Å². The lowest BCUT2D eigenvalue weighted by Gasteiger charge is -2.26. The van der Waals surface area contributed by atoms with Crippen LogP contribution in [0.5, 0.6) is 5.75 Å². The van der Waals surface area contributed by atoms with Gasteiger partial charge in [-0.05, 0) is 37.1 Å². The fourth-order valence-corrected chi connectivity index (χ4v) is 5.11. The minimum Gasteiger partial charge on any atom is -0.492 e. The van der Waals surface area contributed by atoms with Gasteiger partial charge in [0.1, 0.15) is 18.2 Å². The van der Waals surface area contributed by atoms with Crippen LogP contribution in [0.1, 0.15) is 44.5 Å². The molecule has 8 heteroatoms.